The summed E-state index contributed by atoms with van der Waals surface area (Å²) in [6, 6.07) is 14.1. The second-order valence-corrected chi connectivity index (χ2v) is 13.7. The van der Waals surface area contributed by atoms with Crippen LogP contribution in [0.2, 0.25) is 0 Å². The maximum atomic E-state index is 15.0. The minimum atomic E-state index is -1.13. The Morgan fingerprint density at radius 1 is 1.20 bits per heavy atom. The van der Waals surface area contributed by atoms with Gasteiger partial charge in [0.25, 0.3) is 5.91 Å². The van der Waals surface area contributed by atoms with E-state index in [0.717, 1.165) is 27.6 Å². The number of rotatable bonds is 14. The van der Waals surface area contributed by atoms with E-state index >= 15 is 4.39 Å². The molecule has 0 unspecified atom stereocenters. The molecule has 284 valence electrons. The van der Waals surface area contributed by atoms with E-state index in [4.69, 9.17) is 20.4 Å². The number of amides is 2. The molecule has 2 aromatic carbocycles. The van der Waals surface area contributed by atoms with Gasteiger partial charge in [0.15, 0.2) is 5.60 Å². The van der Waals surface area contributed by atoms with Gasteiger partial charge in [-0.2, -0.15) is 5.10 Å². The van der Waals surface area contributed by atoms with Gasteiger partial charge in [-0.15, -0.1) is 0 Å². The van der Waals surface area contributed by atoms with Gasteiger partial charge in [0.2, 0.25) is 11.8 Å². The van der Waals surface area contributed by atoms with Gasteiger partial charge in [0.1, 0.15) is 17.8 Å². The number of ether oxygens (including phenoxy) is 2. The summed E-state index contributed by atoms with van der Waals surface area (Å²) >= 11 is 0. The maximum absolute atomic E-state index is 15.0. The van der Waals surface area contributed by atoms with Crippen LogP contribution in [0, 0.1) is 5.82 Å². The van der Waals surface area contributed by atoms with Crippen molar-refractivity contribution in [2.45, 2.75) is 38.4 Å². The number of benzene rings is 2. The molecule has 0 bridgehead atoms. The van der Waals surface area contributed by atoms with Crippen molar-refractivity contribution >= 4 is 46.0 Å². The number of nitrogens with zero attached hydrogens (tertiary/aromatic N) is 6. The first-order chi connectivity index (χ1) is 26.0. The van der Waals surface area contributed by atoms with E-state index in [9.17, 15) is 9.59 Å². The molecule has 0 spiro atoms. The summed E-state index contributed by atoms with van der Waals surface area (Å²) in [5.74, 6) is 5.38. The van der Waals surface area contributed by atoms with E-state index in [1.807, 2.05) is 55.2 Å². The summed E-state index contributed by atoms with van der Waals surface area (Å²) in [6.45, 7) is 9.54. The standard InChI is InChI=1S/C39H46FN9O5/c1-25(2)54-35-10-6-29(21-42-35)37-32-20-30(7-9-34(32)45-46-37)44-38(52)39(53-4)13-16-47(23-39)22-36(51)48-14-11-27(12-15-48)28-5-8-31(33(40)19-28)26(3)43-24-49(41)17-18-50/h5-11,19-21,24-25,50H,3,12-18,22-23,41H2,1-2,4H3,(H,44,52)(H,45,46)/b43-24-/t39-/m0/s1. The maximum Gasteiger partial charge on any atom is 0.258 e. The molecule has 14 nitrogen and oxygen atoms in total. The molecule has 54 heavy (non-hydrogen) atoms. The lowest BCUT2D eigenvalue weighted by atomic mass is 9.97. The van der Waals surface area contributed by atoms with Crippen molar-refractivity contribution in [2.75, 3.05) is 58.3 Å². The molecule has 0 radical (unpaired) electrons. The van der Waals surface area contributed by atoms with Gasteiger partial charge in [0, 0.05) is 67.8 Å². The number of anilines is 1. The van der Waals surface area contributed by atoms with Gasteiger partial charge < -0.3 is 24.8 Å². The molecule has 1 fully saturated rings. The number of pyridine rings is 1. The van der Waals surface area contributed by atoms with Crippen molar-refractivity contribution < 1.29 is 28.6 Å². The quantitative estimate of drug-likeness (QED) is 0.0639. The summed E-state index contributed by atoms with van der Waals surface area (Å²) in [4.78, 5) is 39.3. The largest absolute Gasteiger partial charge is 0.475 e. The van der Waals surface area contributed by atoms with Crippen LogP contribution in [0.1, 0.15) is 37.8 Å². The Bertz CT molecular complexity index is 2060. The number of aliphatic hydroxyl groups excluding tert-OH is 1. The number of carbonyl (C=O) groups is 2. The highest BCUT2D eigenvalue weighted by atomic mass is 19.1. The van der Waals surface area contributed by atoms with Crippen LogP contribution in [0.25, 0.3) is 33.4 Å². The van der Waals surface area contributed by atoms with Crippen LogP contribution in [0.4, 0.5) is 10.1 Å². The third kappa shape index (κ3) is 8.66. The number of halogens is 1. The Labute approximate surface area is 313 Å². The minimum absolute atomic E-state index is 0.0123. The van der Waals surface area contributed by atoms with Crippen LogP contribution in [-0.2, 0) is 14.3 Å². The fourth-order valence-electron chi connectivity index (χ4n) is 6.61. The van der Waals surface area contributed by atoms with Crippen LogP contribution in [0.15, 0.2) is 72.4 Å². The number of hydrazine groups is 1. The Kier molecular flexibility index (Phi) is 11.8. The molecule has 4 heterocycles. The topological polar surface area (TPSA) is 175 Å². The average Bonchev–Trinajstić information content (AvgIpc) is 3.79. The number of hydrogen-bond donors (Lipinski definition) is 4. The van der Waals surface area contributed by atoms with E-state index in [1.165, 1.54) is 24.5 Å². The predicted octanol–water partition coefficient (Wildman–Crippen LogP) is 4.06. The lowest BCUT2D eigenvalue weighted by Gasteiger charge is -2.30. The fourth-order valence-corrected chi connectivity index (χ4v) is 6.61. The number of fused-ring (bicyclic) bond motifs is 1. The SMILES string of the molecule is C=C(/N=C\N(N)CCO)c1ccc(C2=CCN(C(=O)CN3CC[C@@](OC)(C(=O)Nc4ccc5[nH]nc(-c6ccc(OC(C)C)nc6)c5c4)C3)CC2)cc1F. The van der Waals surface area contributed by atoms with Gasteiger partial charge in [-0.1, -0.05) is 18.7 Å². The minimum Gasteiger partial charge on any atom is -0.475 e. The molecule has 0 saturated carbocycles. The first kappa shape index (κ1) is 38.3. The molecule has 4 aromatic rings. The van der Waals surface area contributed by atoms with Crippen molar-refractivity contribution in [2.24, 2.45) is 10.8 Å². The van der Waals surface area contributed by atoms with Crippen molar-refractivity contribution in [1.29, 1.82) is 0 Å². The number of carbonyl (C=O) groups excluding carboxylic acids is 2. The monoisotopic (exact) mass is 739 g/mol. The number of aromatic nitrogens is 3. The van der Waals surface area contributed by atoms with Gasteiger partial charge in [0.05, 0.1) is 37.0 Å². The summed E-state index contributed by atoms with van der Waals surface area (Å²) in [6.07, 6.45) is 5.94. The zero-order valence-corrected chi connectivity index (χ0v) is 30.7. The predicted molar refractivity (Wildman–Crippen MR) is 206 cm³/mol. The summed E-state index contributed by atoms with van der Waals surface area (Å²) in [5.41, 5.74) is 3.89. The van der Waals surface area contributed by atoms with Crippen molar-refractivity contribution in [3.05, 3.63) is 84.3 Å². The molecule has 2 aliphatic heterocycles. The number of nitrogens with two attached hydrogens (primary N) is 1. The van der Waals surface area contributed by atoms with E-state index in [2.05, 4.69) is 32.1 Å². The number of H-pyrrole nitrogens is 1. The molecule has 15 heteroatoms. The second-order valence-electron chi connectivity index (χ2n) is 13.7. The van der Waals surface area contributed by atoms with Crippen LogP contribution in [-0.4, -0.2) is 118 Å². The summed E-state index contributed by atoms with van der Waals surface area (Å²) in [7, 11) is 1.52. The number of likely N-dealkylation sites (tertiary alicyclic amines) is 1. The van der Waals surface area contributed by atoms with E-state index in [0.29, 0.717) is 49.7 Å². The lowest BCUT2D eigenvalue weighted by molar-refractivity contribution is -0.138. The van der Waals surface area contributed by atoms with Crippen molar-refractivity contribution in [3.63, 3.8) is 0 Å². The van der Waals surface area contributed by atoms with Gasteiger partial charge in [-0.25, -0.2) is 20.2 Å². The van der Waals surface area contributed by atoms with E-state index in [-0.39, 0.29) is 55.4 Å². The van der Waals surface area contributed by atoms with Crippen LogP contribution >= 0.6 is 0 Å². The number of methoxy groups -OCH3 is 1. The molecule has 5 N–H and O–H groups in total. The average molecular weight is 740 g/mol. The van der Waals surface area contributed by atoms with Gasteiger partial charge in [-0.05, 0) is 74.2 Å². The number of nitrogens with one attached hydrogen (secondary N) is 2. The van der Waals surface area contributed by atoms with E-state index in [1.54, 1.807) is 23.2 Å². The highest BCUT2D eigenvalue weighted by Gasteiger charge is 2.45. The Morgan fingerprint density at radius 3 is 2.70 bits per heavy atom. The number of aliphatic imine (C=N–C) groups is 1. The number of aliphatic hydroxyl groups is 1. The fraction of sp³-hybridized carbons (Fsp3) is 0.359. The van der Waals surface area contributed by atoms with Crippen molar-refractivity contribution in [3.8, 4) is 17.1 Å². The normalized spacial score (nSPS) is 17.7. The van der Waals surface area contributed by atoms with Gasteiger partial charge in [-0.3, -0.25) is 24.6 Å². The highest BCUT2D eigenvalue weighted by Crippen LogP contribution is 2.32. The summed E-state index contributed by atoms with van der Waals surface area (Å²) in [5, 5.41) is 21.5. The number of aromatic amines is 1. The highest BCUT2D eigenvalue weighted by molar-refractivity contribution is 6.01. The molecular weight excluding hydrogens is 693 g/mol. The Balaban J connectivity index is 1.04. The zero-order chi connectivity index (χ0) is 38.4. The van der Waals surface area contributed by atoms with Crippen LogP contribution in [0.5, 0.6) is 5.88 Å². The lowest BCUT2D eigenvalue weighted by Crippen LogP contribution is -2.48. The second kappa shape index (κ2) is 16.7. The first-order valence-electron chi connectivity index (χ1n) is 17.8. The molecule has 6 rings (SSSR count). The zero-order valence-electron chi connectivity index (χ0n) is 30.7. The molecular formula is C39H46FN9O5. The first-order valence-corrected chi connectivity index (χ1v) is 17.8. The Hall–Kier alpha value is -5.48. The molecule has 1 saturated heterocycles. The smallest absolute Gasteiger partial charge is 0.258 e. The molecule has 2 amide bonds. The molecule has 1 atom stereocenters. The summed E-state index contributed by atoms with van der Waals surface area (Å²) < 4.78 is 26.5. The third-order valence-electron chi connectivity index (χ3n) is 9.59. The van der Waals surface area contributed by atoms with Gasteiger partial charge >= 0.3 is 0 Å². The van der Waals surface area contributed by atoms with Crippen molar-refractivity contribution in [1.82, 2.24) is 30.0 Å². The molecule has 2 aliphatic rings. The number of hydrogen-bond acceptors (Lipinski definition) is 10. The molecule has 2 aromatic heterocycles. The molecule has 0 aliphatic carbocycles. The van der Waals surface area contributed by atoms with Crippen LogP contribution in [0.3, 0.4) is 0 Å². The third-order valence-corrected chi connectivity index (χ3v) is 9.59. The van der Waals surface area contributed by atoms with E-state index < -0.39 is 11.4 Å². The Morgan fingerprint density at radius 2 is 2.02 bits per heavy atom. The van der Waals surface area contributed by atoms with Crippen LogP contribution < -0.4 is 15.9 Å².